The molecule has 0 unspecified atom stereocenters. The van der Waals surface area contributed by atoms with Crippen molar-refractivity contribution in [2.24, 2.45) is 5.73 Å². The average Bonchev–Trinajstić information content (AvgIpc) is 1.87. The van der Waals surface area contributed by atoms with Gasteiger partial charge in [-0.25, -0.2) is 0 Å². The van der Waals surface area contributed by atoms with E-state index in [-0.39, 0.29) is 0 Å². The highest BCUT2D eigenvalue weighted by molar-refractivity contribution is 4.98. The fraction of sp³-hybridized carbons (Fsp3) is 1.00. The van der Waals surface area contributed by atoms with Gasteiger partial charge in [-0.15, -0.1) is 0 Å². The Kier molecular flexibility index (Phi) is 2.23. The minimum Gasteiger partial charge on any atom is -0.388 e. The lowest BCUT2D eigenvalue weighted by molar-refractivity contribution is -0.100. The molecule has 3 nitrogen and oxygen atoms in total. The molecule has 0 aromatic heterocycles. The van der Waals surface area contributed by atoms with Gasteiger partial charge in [-0.05, 0) is 13.8 Å². The van der Waals surface area contributed by atoms with Gasteiger partial charge in [0.05, 0.1) is 5.60 Å². The molecule has 1 aliphatic heterocycles. The summed E-state index contributed by atoms with van der Waals surface area (Å²) in [4.78, 5) is 0. The quantitative estimate of drug-likeness (QED) is 0.577. The second-order valence-electron chi connectivity index (χ2n) is 3.87. The normalized spacial score (nSPS) is 25.1. The van der Waals surface area contributed by atoms with E-state index in [1.807, 2.05) is 13.8 Å². The van der Waals surface area contributed by atoms with Crippen molar-refractivity contribution in [1.29, 1.82) is 0 Å². The Morgan fingerprint density at radius 2 is 1.82 bits per heavy atom. The maximum atomic E-state index is 10.0. The molecule has 0 amide bonds. The van der Waals surface area contributed by atoms with Crippen LogP contribution >= 0.6 is 0 Å². The molecule has 0 atom stereocenters. The highest BCUT2D eigenvalue weighted by Crippen LogP contribution is 2.29. The van der Waals surface area contributed by atoms with Crippen molar-refractivity contribution in [3.63, 3.8) is 0 Å². The maximum absolute atomic E-state index is 10.0. The summed E-state index contributed by atoms with van der Waals surface area (Å²) in [5.74, 6) is 0. The maximum Gasteiger partial charge on any atom is 0.0864 e. The van der Waals surface area contributed by atoms with E-state index in [1.54, 1.807) is 0 Å². The zero-order valence-electron chi connectivity index (χ0n) is 7.26. The van der Waals surface area contributed by atoms with Gasteiger partial charge in [0.2, 0.25) is 0 Å². The lowest BCUT2D eigenvalue weighted by Gasteiger charge is -2.42. The Hall–Kier alpha value is -0.120. The van der Waals surface area contributed by atoms with Gasteiger partial charge in [0.1, 0.15) is 0 Å². The lowest BCUT2D eigenvalue weighted by atomic mass is 9.78. The molecule has 1 aliphatic rings. The summed E-state index contributed by atoms with van der Waals surface area (Å²) in [6, 6.07) is 0. The first-order valence-corrected chi connectivity index (χ1v) is 4.05. The Bertz CT molecular complexity index is 134. The van der Waals surface area contributed by atoms with E-state index < -0.39 is 11.1 Å². The lowest BCUT2D eigenvalue weighted by Crippen LogP contribution is -2.58. The minimum absolute atomic E-state index is 0.517. The summed E-state index contributed by atoms with van der Waals surface area (Å²) < 4.78 is 5.14. The molecule has 0 bridgehead atoms. The van der Waals surface area contributed by atoms with Crippen LogP contribution in [0.3, 0.4) is 0 Å². The monoisotopic (exact) mass is 159 g/mol. The van der Waals surface area contributed by atoms with Crippen LogP contribution in [0.5, 0.6) is 0 Å². The van der Waals surface area contributed by atoms with E-state index in [4.69, 9.17) is 10.5 Å². The number of rotatable bonds is 1. The van der Waals surface area contributed by atoms with Crippen molar-refractivity contribution in [3.8, 4) is 0 Å². The van der Waals surface area contributed by atoms with Gasteiger partial charge in [0, 0.05) is 31.6 Å². The summed E-state index contributed by atoms with van der Waals surface area (Å²) in [7, 11) is 0. The summed E-state index contributed by atoms with van der Waals surface area (Å²) in [6.07, 6.45) is 1.30. The summed E-state index contributed by atoms with van der Waals surface area (Å²) in [6.45, 7) is 4.96. The number of ether oxygens (including phenoxy) is 1. The second kappa shape index (κ2) is 2.73. The molecule has 0 aromatic carbocycles. The summed E-state index contributed by atoms with van der Waals surface area (Å²) >= 11 is 0. The summed E-state index contributed by atoms with van der Waals surface area (Å²) in [5, 5.41) is 10.0. The smallest absolute Gasteiger partial charge is 0.0864 e. The fourth-order valence-corrected chi connectivity index (χ4v) is 1.35. The molecule has 66 valence electrons. The molecule has 11 heavy (non-hydrogen) atoms. The molecule has 3 N–H and O–H groups in total. The predicted octanol–water partition coefficient (Wildman–Crippen LogP) is 0.265. The Labute approximate surface area is 67.5 Å². The third kappa shape index (κ3) is 1.72. The van der Waals surface area contributed by atoms with Crippen molar-refractivity contribution >= 4 is 0 Å². The minimum atomic E-state index is -0.731. The van der Waals surface area contributed by atoms with Crippen LogP contribution in [0.25, 0.3) is 0 Å². The molecular formula is C8H17NO2. The van der Waals surface area contributed by atoms with Crippen LogP contribution in [0.2, 0.25) is 0 Å². The highest BCUT2D eigenvalue weighted by Gasteiger charge is 2.41. The molecule has 1 rings (SSSR count). The van der Waals surface area contributed by atoms with E-state index in [9.17, 15) is 5.11 Å². The number of nitrogens with two attached hydrogens (primary N) is 1. The third-order valence-corrected chi connectivity index (χ3v) is 2.52. The molecule has 0 spiro atoms. The third-order valence-electron chi connectivity index (χ3n) is 2.52. The first-order chi connectivity index (χ1) is 4.96. The van der Waals surface area contributed by atoms with Crippen LogP contribution in [0.4, 0.5) is 0 Å². The van der Waals surface area contributed by atoms with Gasteiger partial charge >= 0.3 is 0 Å². The zero-order valence-corrected chi connectivity index (χ0v) is 7.26. The van der Waals surface area contributed by atoms with Crippen molar-refractivity contribution < 1.29 is 9.84 Å². The zero-order chi connectivity index (χ0) is 8.54. The largest absolute Gasteiger partial charge is 0.388 e. The molecule has 1 saturated heterocycles. The van der Waals surface area contributed by atoms with E-state index in [1.165, 1.54) is 0 Å². The van der Waals surface area contributed by atoms with Crippen molar-refractivity contribution in [2.75, 3.05) is 13.2 Å². The van der Waals surface area contributed by atoms with Crippen LogP contribution in [-0.4, -0.2) is 29.5 Å². The van der Waals surface area contributed by atoms with Crippen molar-refractivity contribution in [2.45, 2.75) is 37.8 Å². The first kappa shape index (κ1) is 8.97. The van der Waals surface area contributed by atoms with Crippen molar-refractivity contribution in [1.82, 2.24) is 0 Å². The molecule has 0 aliphatic carbocycles. The van der Waals surface area contributed by atoms with E-state index >= 15 is 0 Å². The second-order valence-corrected chi connectivity index (χ2v) is 3.87. The highest BCUT2D eigenvalue weighted by atomic mass is 16.5. The number of aliphatic hydroxyl groups is 1. The van der Waals surface area contributed by atoms with Gasteiger partial charge in [-0.2, -0.15) is 0 Å². The average molecular weight is 159 g/mol. The predicted molar refractivity (Wildman–Crippen MR) is 43.3 cm³/mol. The Balaban J connectivity index is 2.64. The van der Waals surface area contributed by atoms with Crippen LogP contribution in [0.1, 0.15) is 26.7 Å². The van der Waals surface area contributed by atoms with Gasteiger partial charge < -0.3 is 15.6 Å². The molecule has 0 aromatic rings. The van der Waals surface area contributed by atoms with Gasteiger partial charge in [-0.1, -0.05) is 0 Å². The van der Waals surface area contributed by atoms with Crippen molar-refractivity contribution in [3.05, 3.63) is 0 Å². The van der Waals surface area contributed by atoms with E-state index in [2.05, 4.69) is 0 Å². The van der Waals surface area contributed by atoms with Crippen LogP contribution < -0.4 is 5.73 Å². The molecule has 1 fully saturated rings. The molecule has 0 radical (unpaired) electrons. The Morgan fingerprint density at radius 1 is 1.36 bits per heavy atom. The number of hydrogen-bond acceptors (Lipinski definition) is 3. The topological polar surface area (TPSA) is 55.5 Å². The number of hydrogen-bond donors (Lipinski definition) is 2. The van der Waals surface area contributed by atoms with Crippen LogP contribution in [0.15, 0.2) is 0 Å². The molecule has 3 heteroatoms. The first-order valence-electron chi connectivity index (χ1n) is 4.05. The summed E-state index contributed by atoms with van der Waals surface area (Å²) in [5.41, 5.74) is 4.59. The van der Waals surface area contributed by atoms with Gasteiger partial charge in [0.15, 0.2) is 0 Å². The fourth-order valence-electron chi connectivity index (χ4n) is 1.35. The standard InChI is InChI=1S/C8H17NO2/c1-7(2,9)8(10)3-5-11-6-4-8/h10H,3-6,9H2,1-2H3. The Morgan fingerprint density at radius 3 is 2.09 bits per heavy atom. The SMILES string of the molecule is CC(C)(N)C1(O)CCOCC1. The molecule has 1 heterocycles. The van der Waals surface area contributed by atoms with Gasteiger partial charge in [0.25, 0.3) is 0 Å². The van der Waals surface area contributed by atoms with Crippen LogP contribution in [0, 0.1) is 0 Å². The van der Waals surface area contributed by atoms with Crippen LogP contribution in [-0.2, 0) is 4.74 Å². The molecular weight excluding hydrogens is 142 g/mol. The van der Waals surface area contributed by atoms with E-state index in [0.717, 1.165) is 0 Å². The van der Waals surface area contributed by atoms with E-state index in [0.29, 0.717) is 26.1 Å². The van der Waals surface area contributed by atoms with Gasteiger partial charge in [-0.3, -0.25) is 0 Å². The molecule has 0 saturated carbocycles.